The highest BCUT2D eigenvalue weighted by molar-refractivity contribution is 6.05. The Bertz CT molecular complexity index is 1030. The number of rotatable bonds is 7. The fourth-order valence-electron chi connectivity index (χ4n) is 3.36. The number of fused-ring (bicyclic) bond motifs is 1. The van der Waals surface area contributed by atoms with Crippen molar-refractivity contribution in [1.82, 2.24) is 4.57 Å². The number of aliphatic carboxylic acids is 1. The largest absolute Gasteiger partial charge is 0.494 e. The van der Waals surface area contributed by atoms with Crippen LogP contribution in [-0.2, 0) is 4.79 Å². The van der Waals surface area contributed by atoms with Crippen LogP contribution in [0.1, 0.15) is 48.0 Å². The van der Waals surface area contributed by atoms with Crippen molar-refractivity contribution < 1.29 is 24.5 Å². The van der Waals surface area contributed by atoms with Gasteiger partial charge in [0.05, 0.1) is 12.1 Å². The third-order valence-electron chi connectivity index (χ3n) is 4.94. The molecule has 0 saturated carbocycles. The Balaban J connectivity index is 1.95. The summed E-state index contributed by atoms with van der Waals surface area (Å²) in [5.74, 6) is -0.405. The van der Waals surface area contributed by atoms with Crippen LogP contribution in [0.25, 0.3) is 10.9 Å². The molecule has 2 aromatic carbocycles. The molecule has 0 radical (unpaired) electrons. The highest BCUT2D eigenvalue weighted by Gasteiger charge is 2.27. The zero-order chi connectivity index (χ0) is 21.1. The van der Waals surface area contributed by atoms with E-state index >= 15 is 0 Å². The number of carboxylic acids is 1. The smallest absolute Gasteiger partial charge is 0.337 e. The maximum absolute atomic E-state index is 13.2. The van der Waals surface area contributed by atoms with Gasteiger partial charge in [0.2, 0.25) is 0 Å². The molecule has 6 nitrogen and oxygen atoms in total. The van der Waals surface area contributed by atoms with E-state index in [1.54, 1.807) is 55.5 Å². The van der Waals surface area contributed by atoms with Crippen molar-refractivity contribution in [3.05, 3.63) is 65.4 Å². The van der Waals surface area contributed by atoms with E-state index in [0.29, 0.717) is 40.4 Å². The number of benzene rings is 2. The number of hydrogen-bond acceptors (Lipinski definition) is 4. The maximum Gasteiger partial charge on any atom is 0.337 e. The second-order valence-corrected chi connectivity index (χ2v) is 7.45. The summed E-state index contributed by atoms with van der Waals surface area (Å²) in [5.41, 5.74) is 1.64. The molecule has 3 rings (SSSR count). The van der Waals surface area contributed by atoms with Crippen LogP contribution in [0.4, 0.5) is 0 Å². The van der Waals surface area contributed by atoms with Crippen LogP contribution in [0.3, 0.4) is 0 Å². The van der Waals surface area contributed by atoms with E-state index in [1.165, 1.54) is 4.57 Å². The van der Waals surface area contributed by atoms with E-state index < -0.39 is 12.1 Å². The first kappa shape index (κ1) is 20.6. The van der Waals surface area contributed by atoms with E-state index in [9.17, 15) is 19.8 Å². The molecule has 0 spiro atoms. The van der Waals surface area contributed by atoms with Gasteiger partial charge in [-0.05, 0) is 49.6 Å². The Morgan fingerprint density at radius 3 is 2.34 bits per heavy atom. The van der Waals surface area contributed by atoms with Gasteiger partial charge in [0.15, 0.2) is 6.10 Å². The summed E-state index contributed by atoms with van der Waals surface area (Å²) in [7, 11) is 0. The van der Waals surface area contributed by atoms with Crippen LogP contribution in [0.5, 0.6) is 5.75 Å². The molecular formula is C23H25NO5. The van der Waals surface area contributed by atoms with E-state index in [0.717, 1.165) is 6.42 Å². The number of aliphatic hydroxyl groups is 1. The van der Waals surface area contributed by atoms with Crippen molar-refractivity contribution in [3.63, 3.8) is 0 Å². The molecule has 0 saturated heterocycles. The predicted molar refractivity (Wildman–Crippen MR) is 110 cm³/mol. The second-order valence-electron chi connectivity index (χ2n) is 7.45. The molecule has 0 bridgehead atoms. The minimum absolute atomic E-state index is 0.232. The third-order valence-corrected chi connectivity index (χ3v) is 4.94. The van der Waals surface area contributed by atoms with Crippen LogP contribution >= 0.6 is 0 Å². The summed E-state index contributed by atoms with van der Waals surface area (Å²) in [5, 5.41) is 20.0. The zero-order valence-electron chi connectivity index (χ0n) is 16.8. The highest BCUT2D eigenvalue weighted by Crippen LogP contribution is 2.31. The first-order valence-corrected chi connectivity index (χ1v) is 9.59. The molecule has 0 fully saturated rings. The SMILES string of the molecule is Cc1c(C(O)C(=O)O)c2ccccc2n1C(=O)c1ccc(OCCC(C)C)cc1. The fourth-order valence-corrected chi connectivity index (χ4v) is 3.36. The molecule has 6 heteroatoms. The number of para-hydroxylation sites is 1. The van der Waals surface area contributed by atoms with Crippen molar-refractivity contribution in [2.75, 3.05) is 6.61 Å². The first-order chi connectivity index (χ1) is 13.8. The van der Waals surface area contributed by atoms with E-state index in [2.05, 4.69) is 13.8 Å². The Morgan fingerprint density at radius 1 is 1.07 bits per heavy atom. The Morgan fingerprint density at radius 2 is 1.72 bits per heavy atom. The van der Waals surface area contributed by atoms with E-state index in [-0.39, 0.29) is 11.5 Å². The minimum atomic E-state index is -1.70. The van der Waals surface area contributed by atoms with Gasteiger partial charge in [0.25, 0.3) is 5.91 Å². The molecule has 3 aromatic rings. The Kier molecular flexibility index (Phi) is 6.03. The standard InChI is InChI=1S/C23H25NO5/c1-14(2)12-13-29-17-10-8-16(9-11-17)22(26)24-15(3)20(21(25)23(27)28)18-6-4-5-7-19(18)24/h4-11,14,21,25H,12-13H2,1-3H3,(H,27,28). The number of hydrogen-bond donors (Lipinski definition) is 2. The van der Waals surface area contributed by atoms with E-state index in [1.807, 2.05) is 0 Å². The molecule has 1 heterocycles. The van der Waals surface area contributed by atoms with Crippen LogP contribution < -0.4 is 4.74 Å². The van der Waals surface area contributed by atoms with Crippen molar-refractivity contribution in [1.29, 1.82) is 0 Å². The lowest BCUT2D eigenvalue weighted by molar-refractivity contribution is -0.146. The second kappa shape index (κ2) is 8.49. The van der Waals surface area contributed by atoms with Gasteiger partial charge in [-0.3, -0.25) is 9.36 Å². The summed E-state index contributed by atoms with van der Waals surface area (Å²) in [6, 6.07) is 13.8. The van der Waals surface area contributed by atoms with Crippen LogP contribution in [0.2, 0.25) is 0 Å². The van der Waals surface area contributed by atoms with Gasteiger partial charge in [0, 0.05) is 22.2 Å². The molecule has 29 heavy (non-hydrogen) atoms. The summed E-state index contributed by atoms with van der Waals surface area (Å²) in [4.78, 5) is 24.5. The molecular weight excluding hydrogens is 370 g/mol. The monoisotopic (exact) mass is 395 g/mol. The molecule has 1 atom stereocenters. The number of aromatic nitrogens is 1. The summed E-state index contributed by atoms with van der Waals surface area (Å²) >= 11 is 0. The highest BCUT2D eigenvalue weighted by atomic mass is 16.5. The van der Waals surface area contributed by atoms with Crippen molar-refractivity contribution in [2.45, 2.75) is 33.3 Å². The number of carboxylic acid groups (broad SMARTS) is 1. The van der Waals surface area contributed by atoms with E-state index in [4.69, 9.17) is 4.74 Å². The van der Waals surface area contributed by atoms with Crippen LogP contribution in [0, 0.1) is 12.8 Å². The van der Waals surface area contributed by atoms with Gasteiger partial charge in [-0.1, -0.05) is 32.0 Å². The molecule has 1 unspecified atom stereocenters. The van der Waals surface area contributed by atoms with Gasteiger partial charge in [-0.2, -0.15) is 0 Å². The van der Waals surface area contributed by atoms with Crippen LogP contribution in [-0.4, -0.2) is 33.3 Å². The van der Waals surface area contributed by atoms with Crippen molar-refractivity contribution in [3.8, 4) is 5.75 Å². The molecule has 0 aliphatic carbocycles. The molecule has 0 aliphatic rings. The number of ether oxygens (including phenoxy) is 1. The Labute approximate surface area is 169 Å². The Hall–Kier alpha value is -3.12. The normalized spacial score (nSPS) is 12.3. The molecule has 0 amide bonds. The molecule has 1 aromatic heterocycles. The number of carbonyl (C=O) groups excluding carboxylic acids is 1. The van der Waals surface area contributed by atoms with Gasteiger partial charge < -0.3 is 14.9 Å². The topological polar surface area (TPSA) is 88.8 Å². The summed E-state index contributed by atoms with van der Waals surface area (Å²) < 4.78 is 7.15. The average Bonchev–Trinajstić information content (AvgIpc) is 2.98. The molecule has 152 valence electrons. The van der Waals surface area contributed by atoms with Gasteiger partial charge in [-0.15, -0.1) is 0 Å². The first-order valence-electron chi connectivity index (χ1n) is 9.59. The summed E-state index contributed by atoms with van der Waals surface area (Å²) in [6.07, 6.45) is -0.755. The quantitative estimate of drug-likeness (QED) is 0.626. The lowest BCUT2D eigenvalue weighted by Crippen LogP contribution is -2.16. The minimum Gasteiger partial charge on any atom is -0.494 e. The van der Waals surface area contributed by atoms with Crippen molar-refractivity contribution in [2.24, 2.45) is 5.92 Å². The lowest BCUT2D eigenvalue weighted by Gasteiger charge is -2.11. The van der Waals surface area contributed by atoms with Gasteiger partial charge in [-0.25, -0.2) is 4.79 Å². The number of nitrogens with zero attached hydrogens (tertiary/aromatic N) is 1. The average molecular weight is 395 g/mol. The van der Waals surface area contributed by atoms with Gasteiger partial charge >= 0.3 is 5.97 Å². The fraction of sp³-hybridized carbons (Fsp3) is 0.304. The number of carbonyl (C=O) groups is 2. The zero-order valence-corrected chi connectivity index (χ0v) is 16.8. The maximum atomic E-state index is 13.2. The third kappa shape index (κ3) is 4.17. The predicted octanol–water partition coefficient (Wildman–Crippen LogP) is 4.18. The molecule has 2 N–H and O–H groups in total. The number of aliphatic hydroxyl groups excluding tert-OH is 1. The lowest BCUT2D eigenvalue weighted by atomic mass is 10.1. The summed E-state index contributed by atoms with van der Waals surface area (Å²) in [6.45, 7) is 6.51. The van der Waals surface area contributed by atoms with Crippen molar-refractivity contribution >= 4 is 22.8 Å². The molecule has 0 aliphatic heterocycles. The van der Waals surface area contributed by atoms with Crippen LogP contribution in [0.15, 0.2) is 48.5 Å². The van der Waals surface area contributed by atoms with Gasteiger partial charge in [0.1, 0.15) is 5.75 Å².